The third kappa shape index (κ3) is 13.4. The number of rotatable bonds is 8. The second-order valence-electron chi connectivity index (χ2n) is 24.2. The molecule has 1 aliphatic heterocycles. The van der Waals surface area contributed by atoms with Crippen molar-refractivity contribution < 1.29 is 20.8 Å². The second-order valence-corrected chi connectivity index (χ2v) is 49.6. The van der Waals surface area contributed by atoms with E-state index in [1.54, 1.807) is 20.7 Å². The van der Waals surface area contributed by atoms with Gasteiger partial charge in [-0.05, 0) is 23.0 Å². The Hall–Kier alpha value is -2.91. The van der Waals surface area contributed by atoms with E-state index < -0.39 is 53.1 Å². The molecule has 366 valence electrons. The van der Waals surface area contributed by atoms with E-state index in [4.69, 9.17) is 17.0 Å². The standard InChI is InChI=1S/2C25H35Si2.C12H7Si.2ClH.Zr/c2*1-17(2)23-11-10-19-12-18(3)13-24(19)25(23)20-14-21(26(4,5)6)16-22(15-20)27(7,8)9;1-3-7-11-9(5-1)10-6-2-4-8-12(10)13-11;;;/h2*10-17H,1-9H3;1-7H;2*1H;/q3*-1;;;+2/p-2. The second kappa shape index (κ2) is 22.7. The summed E-state index contributed by atoms with van der Waals surface area (Å²) in [6.07, 6.45) is 0. The zero-order valence-corrected chi connectivity index (χ0v) is 54.5. The number of hydrogen-bond donors (Lipinski definition) is 0. The molecule has 1 heterocycles. The van der Waals surface area contributed by atoms with Crippen molar-refractivity contribution in [2.75, 3.05) is 0 Å². The van der Waals surface area contributed by atoms with E-state index in [2.05, 4.69) is 248 Å². The quantitative estimate of drug-likeness (QED) is 0.105. The number of hydrogen-bond acceptors (Lipinski definition) is 0. The maximum Gasteiger partial charge on any atom is 0.0920 e. The van der Waals surface area contributed by atoms with Crippen LogP contribution >= 0.6 is 17.0 Å². The molecule has 0 N–H and O–H groups in total. The average molecular weight is 1120 g/mol. The molecule has 8 aromatic carbocycles. The fourth-order valence-corrected chi connectivity index (χ4v) is 15.8. The van der Waals surface area contributed by atoms with Crippen molar-refractivity contribution >= 4 is 112 Å². The molecule has 0 nitrogen and oxygen atoms in total. The van der Waals surface area contributed by atoms with E-state index in [0.717, 1.165) is 9.52 Å². The van der Waals surface area contributed by atoms with Crippen LogP contribution in [0.2, 0.25) is 78.6 Å². The van der Waals surface area contributed by atoms with Gasteiger partial charge in [0, 0.05) is 0 Å². The summed E-state index contributed by atoms with van der Waals surface area (Å²) in [5, 5.41) is 14.8. The first kappa shape index (κ1) is 56.4. The smallest absolute Gasteiger partial charge is 0.0920 e. The molecule has 0 aliphatic carbocycles. The first-order valence-corrected chi connectivity index (χ1v) is 46.5. The van der Waals surface area contributed by atoms with Crippen LogP contribution in [-0.2, 0) is 20.8 Å². The third-order valence-electron chi connectivity index (χ3n) is 13.6. The molecule has 8 heteroatoms. The molecule has 9 rings (SSSR count). The van der Waals surface area contributed by atoms with Gasteiger partial charge in [0.05, 0.1) is 41.8 Å². The summed E-state index contributed by atoms with van der Waals surface area (Å²) < 4.78 is 0. The van der Waals surface area contributed by atoms with Crippen molar-refractivity contribution in [3.63, 3.8) is 0 Å². The van der Waals surface area contributed by atoms with Crippen LogP contribution < -0.4 is 31.1 Å². The molecule has 0 spiro atoms. The summed E-state index contributed by atoms with van der Waals surface area (Å²) in [5.41, 5.74) is 14.2. The molecule has 0 saturated carbocycles. The molecule has 70 heavy (non-hydrogen) atoms. The van der Waals surface area contributed by atoms with E-state index in [0.29, 0.717) is 11.8 Å². The van der Waals surface area contributed by atoms with E-state index in [1.165, 1.54) is 87.6 Å². The molecule has 0 saturated heterocycles. The minimum atomic E-state index is -1.39. The van der Waals surface area contributed by atoms with Crippen LogP contribution in [0.15, 0.2) is 127 Å². The maximum atomic E-state index is 4.93. The fourth-order valence-electron chi connectivity index (χ4n) is 9.51. The van der Waals surface area contributed by atoms with E-state index in [1.807, 2.05) is 6.07 Å². The zero-order chi connectivity index (χ0) is 51.7. The van der Waals surface area contributed by atoms with Crippen molar-refractivity contribution in [2.24, 2.45) is 0 Å². The minimum absolute atomic E-state index is 0.519. The molecular formula is C62H77Cl2Si5Zr-3. The summed E-state index contributed by atoms with van der Waals surface area (Å²) in [5.74, 6) is 1.04. The largest absolute Gasteiger partial charge is 0.184 e. The molecule has 0 unspecified atom stereocenters. The van der Waals surface area contributed by atoms with Gasteiger partial charge >= 0.3 is 37.9 Å². The average Bonchev–Trinajstić information content (AvgIpc) is 3.97. The minimum Gasteiger partial charge on any atom is -0.184 e. The van der Waals surface area contributed by atoms with Gasteiger partial charge in [0.1, 0.15) is 0 Å². The predicted octanol–water partition coefficient (Wildman–Crippen LogP) is 16.0. The van der Waals surface area contributed by atoms with Crippen LogP contribution in [0, 0.1) is 19.9 Å². The number of halogens is 2. The van der Waals surface area contributed by atoms with Crippen molar-refractivity contribution in [3.05, 3.63) is 156 Å². The van der Waals surface area contributed by atoms with Gasteiger partial charge in [-0.3, -0.25) is 0 Å². The Bertz CT molecular complexity index is 2820. The van der Waals surface area contributed by atoms with Crippen LogP contribution in [0.25, 0.3) is 54.9 Å². The molecular weight excluding hydrogens is 1050 g/mol. The van der Waals surface area contributed by atoms with Gasteiger partial charge in [0.15, 0.2) is 0 Å². The Labute approximate surface area is 449 Å². The van der Waals surface area contributed by atoms with Crippen LogP contribution in [0.4, 0.5) is 0 Å². The Morgan fingerprint density at radius 3 is 1.23 bits per heavy atom. The Kier molecular flexibility index (Phi) is 18.3. The molecule has 0 amide bonds. The van der Waals surface area contributed by atoms with Crippen LogP contribution in [0.1, 0.15) is 61.8 Å². The molecule has 1 aliphatic rings. The number of fused-ring (bicyclic) bond motifs is 5. The molecule has 0 bridgehead atoms. The first-order valence-electron chi connectivity index (χ1n) is 25.2. The van der Waals surface area contributed by atoms with Gasteiger partial charge in [-0.15, -0.1) is 74.6 Å². The SMILES string of the molecule is Cc1cc2c(-c3cc([Si](C)(C)C)cc([Si](C)(C)C)c3)c(C(C)C)ccc2[cH-]1.Cc1cc2c(-c3cc([Si](C)(C)C)cc([Si](C)(C)C)c3)c(C(C)C)ccc2[cH-]1.[Cl][Zr][Cl].[c-]1cccc2c1[Si]c1ccccc1-2. The predicted molar refractivity (Wildman–Crippen MR) is 327 cm³/mol. The Balaban J connectivity index is 0.000000176. The van der Waals surface area contributed by atoms with Crippen molar-refractivity contribution in [1.29, 1.82) is 0 Å². The summed E-state index contributed by atoms with van der Waals surface area (Å²) in [7, 11) is 5.09. The summed E-state index contributed by atoms with van der Waals surface area (Å²) in [6.45, 7) is 43.3. The summed E-state index contributed by atoms with van der Waals surface area (Å²) in [6, 6.07) is 52.0. The van der Waals surface area contributed by atoms with Crippen LogP contribution in [0.3, 0.4) is 0 Å². The maximum absolute atomic E-state index is 4.93. The van der Waals surface area contributed by atoms with E-state index >= 15 is 0 Å². The monoisotopic (exact) mass is 1120 g/mol. The molecule has 8 aromatic rings. The van der Waals surface area contributed by atoms with Crippen LogP contribution in [0.5, 0.6) is 0 Å². The molecule has 0 fully saturated rings. The van der Waals surface area contributed by atoms with Crippen molar-refractivity contribution in [1.82, 2.24) is 0 Å². The Morgan fingerprint density at radius 2 is 0.857 bits per heavy atom. The van der Waals surface area contributed by atoms with Gasteiger partial charge in [0.25, 0.3) is 0 Å². The fraction of sp³-hybridized carbons (Fsp3) is 0.323. The van der Waals surface area contributed by atoms with Gasteiger partial charge < -0.3 is 0 Å². The topological polar surface area (TPSA) is 0 Å². The summed E-state index contributed by atoms with van der Waals surface area (Å²) >= 11 is -0.826. The van der Waals surface area contributed by atoms with Gasteiger partial charge in [-0.2, -0.15) is 41.6 Å². The van der Waals surface area contributed by atoms with Crippen LogP contribution in [-0.4, -0.2) is 41.8 Å². The zero-order valence-electron chi connectivity index (χ0n) is 45.5. The molecule has 2 radical (unpaired) electrons. The number of benzene rings is 6. The van der Waals surface area contributed by atoms with Gasteiger partial charge in [0.2, 0.25) is 0 Å². The summed E-state index contributed by atoms with van der Waals surface area (Å²) in [4.78, 5) is 0. The van der Waals surface area contributed by atoms with Gasteiger partial charge in [-0.1, -0.05) is 235 Å². The van der Waals surface area contributed by atoms with Crippen molar-refractivity contribution in [2.45, 2.75) is 132 Å². The Morgan fingerprint density at radius 1 is 0.486 bits per heavy atom. The van der Waals surface area contributed by atoms with Gasteiger partial charge in [-0.25, -0.2) is 0 Å². The van der Waals surface area contributed by atoms with E-state index in [-0.39, 0.29) is 0 Å². The number of aryl methyl sites for hydroxylation is 2. The van der Waals surface area contributed by atoms with Crippen molar-refractivity contribution in [3.8, 4) is 33.4 Å². The molecule has 0 atom stereocenters. The first-order chi connectivity index (χ1) is 32.6. The van der Waals surface area contributed by atoms with E-state index in [9.17, 15) is 0 Å². The third-order valence-corrected chi connectivity index (χ3v) is 23.1. The molecule has 0 aromatic heterocycles. The normalized spacial score (nSPS) is 12.5.